The Morgan fingerprint density at radius 1 is 1.23 bits per heavy atom. The van der Waals surface area contributed by atoms with E-state index >= 15 is 0 Å². The van der Waals surface area contributed by atoms with E-state index in [4.69, 9.17) is 4.74 Å². The van der Waals surface area contributed by atoms with Crippen LogP contribution in [0.1, 0.15) is 37.6 Å². The first kappa shape index (κ1) is 15.3. The summed E-state index contributed by atoms with van der Waals surface area (Å²) in [5, 5.41) is 0. The first-order valence-electron chi connectivity index (χ1n) is 8.10. The predicted molar refractivity (Wildman–Crippen MR) is 87.3 cm³/mol. The summed E-state index contributed by atoms with van der Waals surface area (Å²) >= 11 is 0. The molecule has 2 unspecified atom stereocenters. The molecular weight excluding hydrogens is 276 g/mol. The topological polar surface area (TPSA) is 32.8 Å². The van der Waals surface area contributed by atoms with Gasteiger partial charge in [-0.2, -0.15) is 0 Å². The van der Waals surface area contributed by atoms with Crippen molar-refractivity contribution in [2.24, 2.45) is 5.41 Å². The SMILES string of the molecule is CN1C(=O)c2ccccc2OC2CN(CCC(C)(C)C)CC21. The van der Waals surface area contributed by atoms with E-state index in [9.17, 15) is 4.79 Å². The van der Waals surface area contributed by atoms with E-state index in [0.717, 1.165) is 31.8 Å². The van der Waals surface area contributed by atoms with Crippen LogP contribution in [0.4, 0.5) is 0 Å². The number of amides is 1. The average Bonchev–Trinajstić information content (AvgIpc) is 2.83. The third-order valence-electron chi connectivity index (χ3n) is 4.70. The van der Waals surface area contributed by atoms with E-state index in [2.05, 4.69) is 25.7 Å². The first-order chi connectivity index (χ1) is 10.3. The molecule has 4 nitrogen and oxygen atoms in total. The maximum Gasteiger partial charge on any atom is 0.257 e. The van der Waals surface area contributed by atoms with Crippen LogP contribution in [-0.4, -0.2) is 54.5 Å². The van der Waals surface area contributed by atoms with Gasteiger partial charge >= 0.3 is 0 Å². The molecule has 0 spiro atoms. The van der Waals surface area contributed by atoms with Crippen LogP contribution >= 0.6 is 0 Å². The Kier molecular flexibility index (Phi) is 3.89. The second-order valence-electron chi connectivity index (χ2n) is 7.71. The van der Waals surface area contributed by atoms with Crippen LogP contribution in [0, 0.1) is 5.41 Å². The van der Waals surface area contributed by atoms with E-state index in [1.54, 1.807) is 0 Å². The van der Waals surface area contributed by atoms with Crippen LogP contribution in [0.3, 0.4) is 0 Å². The largest absolute Gasteiger partial charge is 0.486 e. The standard InChI is InChI=1S/C18H26N2O2/c1-18(2,3)9-10-20-11-14-16(12-20)22-15-8-6-5-7-13(15)17(21)19(14)4/h5-8,14,16H,9-12H2,1-4H3. The Labute approximate surface area is 133 Å². The molecule has 120 valence electrons. The summed E-state index contributed by atoms with van der Waals surface area (Å²) in [5.41, 5.74) is 1.01. The van der Waals surface area contributed by atoms with Crippen LogP contribution in [0.5, 0.6) is 5.75 Å². The molecule has 0 radical (unpaired) electrons. The quantitative estimate of drug-likeness (QED) is 0.842. The zero-order valence-electron chi connectivity index (χ0n) is 14.0. The maximum atomic E-state index is 12.6. The van der Waals surface area contributed by atoms with Gasteiger partial charge in [-0.25, -0.2) is 0 Å². The third kappa shape index (κ3) is 2.98. The molecule has 0 aliphatic carbocycles. The number of nitrogens with zero attached hydrogens (tertiary/aromatic N) is 2. The number of rotatable bonds is 2. The van der Waals surface area contributed by atoms with Gasteiger partial charge in [-0.05, 0) is 30.5 Å². The lowest BCUT2D eigenvalue weighted by atomic mass is 9.92. The number of ether oxygens (including phenoxy) is 1. The number of hydrogen-bond acceptors (Lipinski definition) is 3. The molecular formula is C18H26N2O2. The molecule has 0 aromatic heterocycles. The number of benzene rings is 1. The fourth-order valence-corrected chi connectivity index (χ4v) is 3.25. The van der Waals surface area contributed by atoms with Crippen LogP contribution < -0.4 is 4.74 Å². The number of carbonyl (C=O) groups is 1. The van der Waals surface area contributed by atoms with Crippen LogP contribution in [-0.2, 0) is 0 Å². The summed E-state index contributed by atoms with van der Waals surface area (Å²) in [7, 11) is 1.90. The highest BCUT2D eigenvalue weighted by Crippen LogP contribution is 2.31. The lowest BCUT2D eigenvalue weighted by Crippen LogP contribution is -2.44. The number of hydrogen-bond donors (Lipinski definition) is 0. The van der Waals surface area contributed by atoms with E-state index in [-0.39, 0.29) is 18.1 Å². The van der Waals surface area contributed by atoms with E-state index in [1.807, 2.05) is 36.2 Å². The smallest absolute Gasteiger partial charge is 0.257 e. The number of likely N-dealkylation sites (N-methyl/N-ethyl adjacent to an activating group) is 1. The van der Waals surface area contributed by atoms with Gasteiger partial charge in [-0.1, -0.05) is 32.9 Å². The molecule has 1 fully saturated rings. The third-order valence-corrected chi connectivity index (χ3v) is 4.70. The van der Waals surface area contributed by atoms with E-state index < -0.39 is 0 Å². The predicted octanol–water partition coefficient (Wildman–Crippen LogP) is 2.64. The lowest BCUT2D eigenvalue weighted by molar-refractivity contribution is 0.0682. The Bertz CT molecular complexity index is 564. The Hall–Kier alpha value is -1.55. The Morgan fingerprint density at radius 2 is 1.95 bits per heavy atom. The number of fused-ring (bicyclic) bond motifs is 2. The summed E-state index contributed by atoms with van der Waals surface area (Å²) in [5.74, 6) is 0.797. The highest BCUT2D eigenvalue weighted by molar-refractivity contribution is 5.97. The Balaban J connectivity index is 1.76. The number of para-hydroxylation sites is 1. The molecule has 0 saturated carbocycles. The second-order valence-corrected chi connectivity index (χ2v) is 7.71. The molecule has 2 aliphatic heterocycles. The van der Waals surface area contributed by atoms with Gasteiger partial charge in [0, 0.05) is 20.1 Å². The van der Waals surface area contributed by atoms with Crippen molar-refractivity contribution in [1.82, 2.24) is 9.80 Å². The van der Waals surface area contributed by atoms with Crippen molar-refractivity contribution in [3.05, 3.63) is 29.8 Å². The zero-order valence-corrected chi connectivity index (χ0v) is 14.0. The van der Waals surface area contributed by atoms with Crippen molar-refractivity contribution in [2.45, 2.75) is 39.3 Å². The fraction of sp³-hybridized carbons (Fsp3) is 0.611. The molecule has 1 aromatic carbocycles. The van der Waals surface area contributed by atoms with Gasteiger partial charge in [0.25, 0.3) is 5.91 Å². The van der Waals surface area contributed by atoms with Crippen LogP contribution in [0.25, 0.3) is 0 Å². The molecule has 2 aliphatic rings. The number of carbonyl (C=O) groups excluding carboxylic acids is 1. The van der Waals surface area contributed by atoms with Crippen molar-refractivity contribution < 1.29 is 9.53 Å². The second kappa shape index (κ2) is 5.58. The van der Waals surface area contributed by atoms with Gasteiger partial charge in [0.05, 0.1) is 11.6 Å². The highest BCUT2D eigenvalue weighted by Gasteiger charge is 2.42. The molecule has 22 heavy (non-hydrogen) atoms. The van der Waals surface area contributed by atoms with Crippen molar-refractivity contribution in [3.63, 3.8) is 0 Å². The normalized spacial score (nSPS) is 25.5. The molecule has 1 aromatic rings. The molecule has 4 heteroatoms. The van der Waals surface area contributed by atoms with E-state index in [0.29, 0.717) is 11.0 Å². The minimum atomic E-state index is 0.0672. The molecule has 2 atom stereocenters. The van der Waals surface area contributed by atoms with Gasteiger partial charge in [0.1, 0.15) is 11.9 Å². The summed E-state index contributed by atoms with van der Waals surface area (Å²) in [6.45, 7) is 9.66. The van der Waals surface area contributed by atoms with Gasteiger partial charge in [-0.15, -0.1) is 0 Å². The fourth-order valence-electron chi connectivity index (χ4n) is 3.25. The van der Waals surface area contributed by atoms with Crippen LogP contribution in [0.2, 0.25) is 0 Å². The maximum absolute atomic E-state index is 12.6. The molecule has 1 saturated heterocycles. The summed E-state index contributed by atoms with van der Waals surface area (Å²) < 4.78 is 6.18. The van der Waals surface area contributed by atoms with Crippen molar-refractivity contribution >= 4 is 5.91 Å². The average molecular weight is 302 g/mol. The summed E-state index contributed by atoms with van der Waals surface area (Å²) in [6, 6.07) is 7.72. The van der Waals surface area contributed by atoms with Gasteiger partial charge < -0.3 is 9.64 Å². The highest BCUT2D eigenvalue weighted by atomic mass is 16.5. The molecule has 1 amide bonds. The van der Waals surface area contributed by atoms with Gasteiger partial charge in [-0.3, -0.25) is 9.69 Å². The van der Waals surface area contributed by atoms with Crippen molar-refractivity contribution in [2.75, 3.05) is 26.7 Å². The molecule has 3 rings (SSSR count). The number of likely N-dealkylation sites (tertiary alicyclic amines) is 1. The van der Waals surface area contributed by atoms with Crippen molar-refractivity contribution in [3.8, 4) is 5.75 Å². The minimum absolute atomic E-state index is 0.0672. The van der Waals surface area contributed by atoms with Crippen LogP contribution in [0.15, 0.2) is 24.3 Å². The monoisotopic (exact) mass is 302 g/mol. The summed E-state index contributed by atoms with van der Waals surface area (Å²) in [6.07, 6.45) is 1.22. The van der Waals surface area contributed by atoms with Crippen molar-refractivity contribution in [1.29, 1.82) is 0 Å². The lowest BCUT2D eigenvalue weighted by Gasteiger charge is -2.26. The molecule has 0 bridgehead atoms. The first-order valence-corrected chi connectivity index (χ1v) is 8.10. The summed E-state index contributed by atoms with van der Waals surface area (Å²) in [4.78, 5) is 16.9. The molecule has 2 heterocycles. The molecule has 0 N–H and O–H groups in total. The van der Waals surface area contributed by atoms with Gasteiger partial charge in [0.15, 0.2) is 0 Å². The van der Waals surface area contributed by atoms with Gasteiger partial charge in [0.2, 0.25) is 0 Å². The Morgan fingerprint density at radius 3 is 2.68 bits per heavy atom. The minimum Gasteiger partial charge on any atom is -0.486 e. The zero-order chi connectivity index (χ0) is 15.9. The van der Waals surface area contributed by atoms with E-state index in [1.165, 1.54) is 0 Å².